The van der Waals surface area contributed by atoms with Crippen molar-refractivity contribution < 1.29 is 0 Å². The van der Waals surface area contributed by atoms with Crippen LogP contribution in [0.5, 0.6) is 0 Å². The van der Waals surface area contributed by atoms with E-state index in [4.69, 9.17) is 11.5 Å². The van der Waals surface area contributed by atoms with Crippen molar-refractivity contribution in [1.82, 2.24) is 0 Å². The van der Waals surface area contributed by atoms with Gasteiger partial charge in [-0.3, -0.25) is 0 Å². The molecule has 8 heavy (non-hydrogen) atoms. The molecule has 0 aliphatic heterocycles. The Morgan fingerprint density at radius 3 is 2.00 bits per heavy atom. The second-order valence-electron chi connectivity index (χ2n) is 2.41. The minimum atomic E-state index is -0.120. The lowest BCUT2D eigenvalue weighted by Crippen LogP contribution is -2.31. The molecule has 0 aromatic carbocycles. The van der Waals surface area contributed by atoms with Crippen molar-refractivity contribution in [3.05, 3.63) is 0 Å². The van der Waals surface area contributed by atoms with E-state index in [2.05, 4.69) is 13.8 Å². The first-order valence-electron chi connectivity index (χ1n) is 3.18. The molecule has 0 aliphatic rings. The van der Waals surface area contributed by atoms with Gasteiger partial charge < -0.3 is 11.5 Å². The van der Waals surface area contributed by atoms with Gasteiger partial charge in [0.1, 0.15) is 0 Å². The Balaban J connectivity index is 3.10. The molecule has 2 heteroatoms. The van der Waals surface area contributed by atoms with Crippen LogP contribution in [0.25, 0.3) is 0 Å². The summed E-state index contributed by atoms with van der Waals surface area (Å²) in [5, 5.41) is 0. The van der Waals surface area contributed by atoms with E-state index < -0.39 is 0 Å². The van der Waals surface area contributed by atoms with Crippen LogP contribution in [0.1, 0.15) is 26.7 Å². The van der Waals surface area contributed by atoms with Crippen molar-refractivity contribution in [2.75, 3.05) is 0 Å². The molecule has 0 fully saturated rings. The topological polar surface area (TPSA) is 52.0 Å². The normalized spacial score (nSPS) is 14.6. The highest BCUT2D eigenvalue weighted by Gasteiger charge is 2.00. The molecule has 0 radical (unpaired) electrons. The predicted molar refractivity (Wildman–Crippen MR) is 36.2 cm³/mol. The molecule has 0 aliphatic carbocycles. The fraction of sp³-hybridized carbons (Fsp3) is 1.00. The van der Waals surface area contributed by atoms with E-state index in [-0.39, 0.29) is 6.17 Å². The first kappa shape index (κ1) is 7.92. The summed E-state index contributed by atoms with van der Waals surface area (Å²) in [4.78, 5) is 0. The molecule has 50 valence electrons. The van der Waals surface area contributed by atoms with Gasteiger partial charge >= 0.3 is 0 Å². The summed E-state index contributed by atoms with van der Waals surface area (Å²) in [5.74, 6) is 0.676. The molecule has 0 amide bonds. The zero-order valence-corrected chi connectivity index (χ0v) is 5.72. The molecule has 1 unspecified atom stereocenters. The molecule has 0 spiro atoms. The van der Waals surface area contributed by atoms with E-state index in [0.29, 0.717) is 5.92 Å². The number of hydrogen-bond acceptors (Lipinski definition) is 2. The minimum absolute atomic E-state index is 0.120. The minimum Gasteiger partial charge on any atom is -0.316 e. The molecule has 0 saturated carbocycles. The van der Waals surface area contributed by atoms with E-state index >= 15 is 0 Å². The van der Waals surface area contributed by atoms with Crippen molar-refractivity contribution in [2.45, 2.75) is 32.9 Å². The molecule has 0 aromatic rings. The summed E-state index contributed by atoms with van der Waals surface area (Å²) in [5.41, 5.74) is 10.7. The Hall–Kier alpha value is -0.0800. The van der Waals surface area contributed by atoms with Crippen molar-refractivity contribution in [1.29, 1.82) is 0 Å². The molecular weight excluding hydrogens is 100 g/mol. The molecular formula is C6H16N2. The monoisotopic (exact) mass is 116 g/mol. The van der Waals surface area contributed by atoms with Crippen LogP contribution in [0.15, 0.2) is 0 Å². The van der Waals surface area contributed by atoms with E-state index in [0.717, 1.165) is 6.42 Å². The molecule has 1 atom stereocenters. The SMILES string of the molecule is CCC(C)CC(N)N. The lowest BCUT2D eigenvalue weighted by atomic mass is 10.0. The number of hydrogen-bond donors (Lipinski definition) is 2. The maximum Gasteiger partial charge on any atom is 0.0523 e. The van der Waals surface area contributed by atoms with E-state index in [9.17, 15) is 0 Å². The molecule has 0 heterocycles. The van der Waals surface area contributed by atoms with Crippen LogP contribution in [0.4, 0.5) is 0 Å². The van der Waals surface area contributed by atoms with Crippen LogP contribution in [0.2, 0.25) is 0 Å². The van der Waals surface area contributed by atoms with Crippen LogP contribution in [0, 0.1) is 5.92 Å². The Bertz CT molecular complexity index is 52.5. The smallest absolute Gasteiger partial charge is 0.0523 e. The lowest BCUT2D eigenvalue weighted by molar-refractivity contribution is 0.459. The van der Waals surface area contributed by atoms with Gasteiger partial charge in [-0.2, -0.15) is 0 Å². The standard InChI is InChI=1S/C6H16N2/c1-3-5(2)4-6(7)8/h5-6H,3-4,7-8H2,1-2H3. The van der Waals surface area contributed by atoms with E-state index in [1.165, 1.54) is 6.42 Å². The summed E-state index contributed by atoms with van der Waals surface area (Å²) in [6.07, 6.45) is 1.99. The fourth-order valence-corrected chi connectivity index (χ4v) is 0.631. The third-order valence-electron chi connectivity index (χ3n) is 1.37. The highest BCUT2D eigenvalue weighted by Crippen LogP contribution is 2.05. The van der Waals surface area contributed by atoms with Gasteiger partial charge in [-0.25, -0.2) is 0 Å². The van der Waals surface area contributed by atoms with Gasteiger partial charge in [0.25, 0.3) is 0 Å². The van der Waals surface area contributed by atoms with Gasteiger partial charge in [0.15, 0.2) is 0 Å². The average Bonchev–Trinajstić information content (AvgIpc) is 1.65. The van der Waals surface area contributed by atoms with E-state index in [1.807, 2.05) is 0 Å². The van der Waals surface area contributed by atoms with Crippen LogP contribution in [0.3, 0.4) is 0 Å². The van der Waals surface area contributed by atoms with Crippen molar-refractivity contribution in [3.8, 4) is 0 Å². The molecule has 0 saturated heterocycles. The third-order valence-corrected chi connectivity index (χ3v) is 1.37. The highest BCUT2D eigenvalue weighted by atomic mass is 14.8. The Morgan fingerprint density at radius 1 is 1.38 bits per heavy atom. The molecule has 0 bridgehead atoms. The lowest BCUT2D eigenvalue weighted by Gasteiger charge is -2.09. The largest absolute Gasteiger partial charge is 0.316 e. The summed E-state index contributed by atoms with van der Waals surface area (Å²) < 4.78 is 0. The second kappa shape index (κ2) is 3.87. The predicted octanol–water partition coefficient (Wildman–Crippen LogP) is 0.666. The van der Waals surface area contributed by atoms with Gasteiger partial charge in [0, 0.05) is 0 Å². The van der Waals surface area contributed by atoms with Crippen molar-refractivity contribution in [2.24, 2.45) is 17.4 Å². The van der Waals surface area contributed by atoms with E-state index in [1.54, 1.807) is 0 Å². The Kier molecular flexibility index (Phi) is 3.83. The van der Waals surface area contributed by atoms with Gasteiger partial charge in [0.2, 0.25) is 0 Å². The van der Waals surface area contributed by atoms with Gasteiger partial charge in [-0.05, 0) is 12.3 Å². The van der Waals surface area contributed by atoms with Gasteiger partial charge in [0.05, 0.1) is 6.17 Å². The number of rotatable bonds is 3. The molecule has 0 aromatic heterocycles. The maximum atomic E-state index is 5.35. The summed E-state index contributed by atoms with van der Waals surface area (Å²) >= 11 is 0. The van der Waals surface area contributed by atoms with Gasteiger partial charge in [-0.15, -0.1) is 0 Å². The van der Waals surface area contributed by atoms with Crippen molar-refractivity contribution >= 4 is 0 Å². The zero-order valence-electron chi connectivity index (χ0n) is 5.72. The average molecular weight is 116 g/mol. The Labute approximate surface area is 51.2 Å². The first-order chi connectivity index (χ1) is 3.66. The summed E-state index contributed by atoms with van der Waals surface area (Å²) in [6.45, 7) is 4.31. The Morgan fingerprint density at radius 2 is 1.88 bits per heavy atom. The maximum absolute atomic E-state index is 5.35. The highest BCUT2D eigenvalue weighted by molar-refractivity contribution is 4.56. The van der Waals surface area contributed by atoms with Crippen molar-refractivity contribution in [3.63, 3.8) is 0 Å². The summed E-state index contributed by atoms with van der Waals surface area (Å²) in [6, 6.07) is 0. The molecule has 0 rings (SSSR count). The quantitative estimate of drug-likeness (QED) is 0.532. The van der Waals surface area contributed by atoms with Gasteiger partial charge in [-0.1, -0.05) is 20.3 Å². The second-order valence-corrected chi connectivity index (χ2v) is 2.41. The van der Waals surface area contributed by atoms with Crippen LogP contribution in [-0.4, -0.2) is 6.17 Å². The van der Waals surface area contributed by atoms with Crippen LogP contribution < -0.4 is 11.5 Å². The zero-order chi connectivity index (χ0) is 6.57. The van der Waals surface area contributed by atoms with Crippen LogP contribution >= 0.6 is 0 Å². The molecule has 2 nitrogen and oxygen atoms in total. The fourth-order valence-electron chi connectivity index (χ4n) is 0.631. The first-order valence-corrected chi connectivity index (χ1v) is 3.18. The number of nitrogens with two attached hydrogens (primary N) is 2. The molecule has 4 N–H and O–H groups in total. The van der Waals surface area contributed by atoms with Crippen LogP contribution in [-0.2, 0) is 0 Å². The third kappa shape index (κ3) is 4.09. The summed E-state index contributed by atoms with van der Waals surface area (Å²) in [7, 11) is 0.